The Hall–Kier alpha value is -2.34. The number of carbonyl (C=O) groups excluding carboxylic acids is 1. The highest BCUT2D eigenvalue weighted by atomic mass is 35.5. The highest BCUT2D eigenvalue weighted by molar-refractivity contribution is 6.30. The van der Waals surface area contributed by atoms with Crippen molar-refractivity contribution in [3.8, 4) is 0 Å². The second-order valence-electron chi connectivity index (χ2n) is 6.36. The number of hydrogen-bond donors (Lipinski definition) is 1. The minimum Gasteiger partial charge on any atom is -0.365 e. The van der Waals surface area contributed by atoms with Gasteiger partial charge in [-0.3, -0.25) is 9.48 Å². The van der Waals surface area contributed by atoms with Crippen LogP contribution >= 0.6 is 23.2 Å². The van der Waals surface area contributed by atoms with Crippen LogP contribution in [0.25, 0.3) is 0 Å². The summed E-state index contributed by atoms with van der Waals surface area (Å²) >= 11 is 11.8. The van der Waals surface area contributed by atoms with Gasteiger partial charge in [-0.25, -0.2) is 0 Å². The number of nitrogens with zero attached hydrogens (tertiary/aromatic N) is 2. The smallest absolute Gasteiger partial charge is 0.272 e. The van der Waals surface area contributed by atoms with E-state index in [1.165, 1.54) is 0 Å². The van der Waals surface area contributed by atoms with Crippen LogP contribution in [0.3, 0.4) is 0 Å². The number of rotatable bonds is 4. The van der Waals surface area contributed by atoms with Gasteiger partial charge in [0.15, 0.2) is 5.69 Å². The fourth-order valence-corrected chi connectivity index (χ4v) is 3.24. The molecule has 1 amide bonds. The molecule has 0 spiro atoms. The minimum absolute atomic E-state index is 0.111. The van der Waals surface area contributed by atoms with Crippen molar-refractivity contribution >= 4 is 29.1 Å². The largest absolute Gasteiger partial charge is 0.365 e. The normalized spacial score (nSPS) is 16.0. The third-order valence-electron chi connectivity index (χ3n) is 4.48. The standard InChI is InChI=1S/C20H17Cl2N3O2/c21-15-5-1-13(2-6-15)10-23-20(26)18-9-17-12-27-19(11-25(17)24-18)14-3-7-16(22)8-4-14/h1-9,19H,10-12H2,(H,23,26)/t19-/m1/s1. The van der Waals surface area contributed by atoms with Gasteiger partial charge >= 0.3 is 0 Å². The summed E-state index contributed by atoms with van der Waals surface area (Å²) in [4.78, 5) is 12.4. The quantitative estimate of drug-likeness (QED) is 0.704. The molecule has 1 aliphatic rings. The average Bonchev–Trinajstić information content (AvgIpc) is 3.11. The molecule has 0 bridgehead atoms. The van der Waals surface area contributed by atoms with Crippen LogP contribution in [0.4, 0.5) is 0 Å². The topological polar surface area (TPSA) is 56.2 Å². The molecular weight excluding hydrogens is 385 g/mol. The maximum atomic E-state index is 12.4. The number of fused-ring (bicyclic) bond motifs is 1. The molecule has 5 nitrogen and oxygen atoms in total. The zero-order chi connectivity index (χ0) is 18.8. The van der Waals surface area contributed by atoms with Crippen LogP contribution in [0.5, 0.6) is 0 Å². The van der Waals surface area contributed by atoms with Crippen LogP contribution in [-0.4, -0.2) is 15.7 Å². The maximum absolute atomic E-state index is 12.4. The van der Waals surface area contributed by atoms with E-state index in [9.17, 15) is 4.79 Å². The number of carbonyl (C=O) groups is 1. The van der Waals surface area contributed by atoms with E-state index in [0.29, 0.717) is 35.4 Å². The van der Waals surface area contributed by atoms with E-state index in [0.717, 1.165) is 16.8 Å². The van der Waals surface area contributed by atoms with Crippen LogP contribution in [0, 0.1) is 0 Å². The maximum Gasteiger partial charge on any atom is 0.272 e. The van der Waals surface area contributed by atoms with Crippen molar-refractivity contribution in [3.05, 3.63) is 87.2 Å². The van der Waals surface area contributed by atoms with Crippen molar-refractivity contribution in [1.29, 1.82) is 0 Å². The molecule has 7 heteroatoms. The Bertz CT molecular complexity index is 952. The van der Waals surface area contributed by atoms with Gasteiger partial charge < -0.3 is 10.1 Å². The van der Waals surface area contributed by atoms with Gasteiger partial charge in [0.25, 0.3) is 5.91 Å². The van der Waals surface area contributed by atoms with Gasteiger partial charge in [0, 0.05) is 16.6 Å². The van der Waals surface area contributed by atoms with Gasteiger partial charge in [0.1, 0.15) is 6.10 Å². The van der Waals surface area contributed by atoms with Gasteiger partial charge in [-0.1, -0.05) is 47.5 Å². The Kier molecular flexibility index (Phi) is 5.16. The SMILES string of the molecule is O=C(NCc1ccc(Cl)cc1)c1cc2n(n1)C[C@H](c1ccc(Cl)cc1)OC2. The van der Waals surface area contributed by atoms with Crippen molar-refractivity contribution in [3.63, 3.8) is 0 Å². The number of ether oxygens (including phenoxy) is 1. The van der Waals surface area contributed by atoms with E-state index >= 15 is 0 Å². The van der Waals surface area contributed by atoms with Gasteiger partial charge in [-0.05, 0) is 41.5 Å². The van der Waals surface area contributed by atoms with Crippen molar-refractivity contribution in [2.75, 3.05) is 0 Å². The average molecular weight is 402 g/mol. The number of benzene rings is 2. The second-order valence-corrected chi connectivity index (χ2v) is 7.24. The molecule has 27 heavy (non-hydrogen) atoms. The van der Waals surface area contributed by atoms with Crippen molar-refractivity contribution < 1.29 is 9.53 Å². The molecule has 3 aromatic rings. The van der Waals surface area contributed by atoms with E-state index < -0.39 is 0 Å². The Balaban J connectivity index is 1.42. The zero-order valence-corrected chi connectivity index (χ0v) is 15.9. The molecule has 0 radical (unpaired) electrons. The Morgan fingerprint density at radius 2 is 1.78 bits per heavy atom. The molecule has 0 saturated heterocycles. The first kappa shape index (κ1) is 18.0. The van der Waals surface area contributed by atoms with Gasteiger partial charge in [-0.15, -0.1) is 0 Å². The first-order chi connectivity index (χ1) is 13.1. The molecule has 0 saturated carbocycles. The molecule has 0 unspecified atom stereocenters. The summed E-state index contributed by atoms with van der Waals surface area (Å²) in [7, 11) is 0. The van der Waals surface area contributed by atoms with Gasteiger partial charge in [0.2, 0.25) is 0 Å². The Labute approximate surface area is 166 Å². The van der Waals surface area contributed by atoms with Gasteiger partial charge in [-0.2, -0.15) is 5.10 Å². The molecule has 1 aromatic heterocycles. The van der Waals surface area contributed by atoms with Crippen molar-refractivity contribution in [1.82, 2.24) is 15.1 Å². The summed E-state index contributed by atoms with van der Waals surface area (Å²) in [5.41, 5.74) is 3.29. The monoisotopic (exact) mass is 401 g/mol. The number of amides is 1. The fraction of sp³-hybridized carbons (Fsp3) is 0.200. The minimum atomic E-state index is -0.213. The summed E-state index contributed by atoms with van der Waals surface area (Å²) < 4.78 is 7.75. The van der Waals surface area contributed by atoms with E-state index in [1.807, 2.05) is 41.1 Å². The summed E-state index contributed by atoms with van der Waals surface area (Å²) in [6.45, 7) is 1.38. The van der Waals surface area contributed by atoms with E-state index in [2.05, 4.69) is 10.4 Å². The number of aromatic nitrogens is 2. The third-order valence-corrected chi connectivity index (χ3v) is 4.98. The Morgan fingerprint density at radius 1 is 1.11 bits per heavy atom. The third kappa shape index (κ3) is 4.16. The lowest BCUT2D eigenvalue weighted by Gasteiger charge is -2.24. The molecule has 138 valence electrons. The van der Waals surface area contributed by atoms with Crippen LogP contribution in [0.1, 0.15) is 33.4 Å². The molecule has 1 aliphatic heterocycles. The van der Waals surface area contributed by atoms with E-state index in [1.54, 1.807) is 18.2 Å². The summed E-state index contributed by atoms with van der Waals surface area (Å²) in [5.74, 6) is -0.213. The van der Waals surface area contributed by atoms with Crippen molar-refractivity contribution in [2.45, 2.75) is 25.8 Å². The van der Waals surface area contributed by atoms with Crippen LogP contribution < -0.4 is 5.32 Å². The molecule has 1 N–H and O–H groups in total. The zero-order valence-electron chi connectivity index (χ0n) is 14.4. The molecule has 2 heterocycles. The number of hydrogen-bond acceptors (Lipinski definition) is 3. The second kappa shape index (κ2) is 7.72. The first-order valence-corrected chi connectivity index (χ1v) is 9.30. The molecule has 2 aromatic carbocycles. The summed E-state index contributed by atoms with van der Waals surface area (Å²) in [5, 5.41) is 8.68. The molecule has 1 atom stereocenters. The van der Waals surface area contributed by atoms with Crippen LogP contribution in [0.2, 0.25) is 10.0 Å². The molecule has 0 fully saturated rings. The predicted molar refractivity (Wildman–Crippen MR) is 104 cm³/mol. The predicted octanol–water partition coefficient (Wildman–Crippen LogP) is 4.39. The van der Waals surface area contributed by atoms with E-state index in [-0.39, 0.29) is 12.0 Å². The van der Waals surface area contributed by atoms with Gasteiger partial charge in [0.05, 0.1) is 18.8 Å². The fourth-order valence-electron chi connectivity index (χ4n) is 2.99. The summed E-state index contributed by atoms with van der Waals surface area (Å²) in [6.07, 6.45) is -0.111. The van der Waals surface area contributed by atoms with Crippen LogP contribution in [0.15, 0.2) is 54.6 Å². The van der Waals surface area contributed by atoms with E-state index in [4.69, 9.17) is 27.9 Å². The lowest BCUT2D eigenvalue weighted by molar-refractivity contribution is -0.00119. The Morgan fingerprint density at radius 3 is 2.48 bits per heavy atom. The highest BCUT2D eigenvalue weighted by Crippen LogP contribution is 2.27. The number of halogens is 2. The lowest BCUT2D eigenvalue weighted by Crippen LogP contribution is -2.24. The summed E-state index contributed by atoms with van der Waals surface area (Å²) in [6, 6.07) is 16.7. The van der Waals surface area contributed by atoms with Crippen molar-refractivity contribution in [2.24, 2.45) is 0 Å². The number of nitrogens with one attached hydrogen (secondary N) is 1. The lowest BCUT2D eigenvalue weighted by atomic mass is 10.1. The molecular formula is C20H17Cl2N3O2. The highest BCUT2D eigenvalue weighted by Gasteiger charge is 2.24. The van der Waals surface area contributed by atoms with Crippen LogP contribution in [-0.2, 0) is 24.4 Å². The molecule has 0 aliphatic carbocycles. The molecule has 4 rings (SSSR count). The first-order valence-electron chi connectivity index (χ1n) is 8.55.